The normalized spacial score (nSPS) is 15.9. The largest absolute Gasteiger partial charge is 0.378 e. The number of aromatic nitrogens is 2. The van der Waals surface area contributed by atoms with Crippen molar-refractivity contribution in [3.05, 3.63) is 53.9 Å². The van der Waals surface area contributed by atoms with Crippen LogP contribution in [-0.2, 0) is 4.74 Å². The van der Waals surface area contributed by atoms with E-state index in [2.05, 4.69) is 9.97 Å². The second-order valence-corrected chi connectivity index (χ2v) is 5.23. The number of halogens is 1. The van der Waals surface area contributed by atoms with E-state index in [-0.39, 0.29) is 5.82 Å². The van der Waals surface area contributed by atoms with Crippen molar-refractivity contribution < 1.29 is 9.13 Å². The van der Waals surface area contributed by atoms with Crippen LogP contribution in [0.5, 0.6) is 0 Å². The van der Waals surface area contributed by atoms with E-state index in [0.717, 1.165) is 29.9 Å². The zero-order valence-corrected chi connectivity index (χ0v) is 12.5. The first-order valence-electron chi connectivity index (χ1n) is 7.31. The number of morpholine rings is 1. The Morgan fingerprint density at radius 1 is 1.27 bits per heavy atom. The number of hydrogen-bond acceptors (Lipinski definition) is 4. The third kappa shape index (κ3) is 3.31. The fourth-order valence-electron chi connectivity index (χ4n) is 2.50. The Kier molecular flexibility index (Phi) is 4.44. The Morgan fingerprint density at radius 2 is 2.09 bits per heavy atom. The van der Waals surface area contributed by atoms with Gasteiger partial charge < -0.3 is 9.64 Å². The summed E-state index contributed by atoms with van der Waals surface area (Å²) in [6.45, 7) is 4.69. The van der Waals surface area contributed by atoms with Crippen LogP contribution in [0.25, 0.3) is 11.6 Å². The van der Waals surface area contributed by atoms with Gasteiger partial charge in [0.15, 0.2) is 0 Å². The molecule has 4 nitrogen and oxygen atoms in total. The lowest BCUT2D eigenvalue weighted by molar-refractivity contribution is 0.122. The lowest BCUT2D eigenvalue weighted by atomic mass is 10.1. The van der Waals surface area contributed by atoms with Gasteiger partial charge in [0.25, 0.3) is 0 Å². The summed E-state index contributed by atoms with van der Waals surface area (Å²) in [5.41, 5.74) is 3.20. The van der Waals surface area contributed by atoms with Gasteiger partial charge in [0, 0.05) is 25.5 Å². The summed E-state index contributed by atoms with van der Waals surface area (Å²) in [6.07, 6.45) is 6.89. The highest BCUT2D eigenvalue weighted by atomic mass is 19.1. The molecule has 3 rings (SSSR count). The number of ether oxygens (including phenoxy) is 1. The first-order chi connectivity index (χ1) is 10.7. The monoisotopic (exact) mass is 299 g/mol. The number of anilines is 1. The minimum absolute atomic E-state index is 0.206. The molecule has 0 unspecified atom stereocenters. The van der Waals surface area contributed by atoms with Crippen LogP contribution in [0.2, 0.25) is 0 Å². The summed E-state index contributed by atoms with van der Waals surface area (Å²) in [7, 11) is 0. The Balaban J connectivity index is 1.82. The van der Waals surface area contributed by atoms with Gasteiger partial charge in [-0.2, -0.15) is 0 Å². The molecule has 1 aromatic carbocycles. The number of nitrogens with zero attached hydrogens (tertiary/aromatic N) is 3. The molecule has 0 spiro atoms. The number of rotatable bonds is 3. The molecule has 1 fully saturated rings. The second-order valence-electron chi connectivity index (χ2n) is 5.23. The molecule has 1 aromatic heterocycles. The molecule has 5 heteroatoms. The first-order valence-corrected chi connectivity index (χ1v) is 7.31. The van der Waals surface area contributed by atoms with Crippen molar-refractivity contribution in [2.75, 3.05) is 31.2 Å². The molecule has 0 saturated carbocycles. The molecule has 1 saturated heterocycles. The number of hydrogen-bond donors (Lipinski definition) is 0. The summed E-state index contributed by atoms with van der Waals surface area (Å²) in [5.74, 6) is -0.206. The van der Waals surface area contributed by atoms with Crippen LogP contribution in [0.3, 0.4) is 0 Å². The topological polar surface area (TPSA) is 38.2 Å². The van der Waals surface area contributed by atoms with E-state index in [1.54, 1.807) is 24.7 Å². The van der Waals surface area contributed by atoms with E-state index in [9.17, 15) is 4.39 Å². The van der Waals surface area contributed by atoms with Crippen LogP contribution < -0.4 is 4.90 Å². The minimum Gasteiger partial charge on any atom is -0.378 e. The fourth-order valence-corrected chi connectivity index (χ4v) is 2.50. The van der Waals surface area contributed by atoms with Gasteiger partial charge >= 0.3 is 0 Å². The maximum absolute atomic E-state index is 14.3. The molecule has 1 aliphatic heterocycles. The average molecular weight is 299 g/mol. The van der Waals surface area contributed by atoms with Gasteiger partial charge in [-0.05, 0) is 36.3 Å². The van der Waals surface area contributed by atoms with Crippen LogP contribution in [0, 0.1) is 5.82 Å². The minimum atomic E-state index is -0.206. The van der Waals surface area contributed by atoms with Crippen molar-refractivity contribution >= 4 is 17.3 Å². The quantitative estimate of drug-likeness (QED) is 0.873. The van der Waals surface area contributed by atoms with E-state index < -0.39 is 0 Å². The van der Waals surface area contributed by atoms with Crippen molar-refractivity contribution in [2.24, 2.45) is 0 Å². The Morgan fingerprint density at radius 3 is 2.77 bits per heavy atom. The van der Waals surface area contributed by atoms with E-state index in [1.807, 2.05) is 30.0 Å². The average Bonchev–Trinajstić information content (AvgIpc) is 2.56. The van der Waals surface area contributed by atoms with Crippen LogP contribution in [0.15, 0.2) is 36.8 Å². The van der Waals surface area contributed by atoms with E-state index >= 15 is 0 Å². The van der Waals surface area contributed by atoms with Gasteiger partial charge in [-0.1, -0.05) is 6.07 Å². The van der Waals surface area contributed by atoms with Crippen molar-refractivity contribution in [2.45, 2.75) is 6.92 Å². The molecule has 0 atom stereocenters. The molecule has 114 valence electrons. The highest BCUT2D eigenvalue weighted by Crippen LogP contribution is 2.23. The standard InChI is InChI=1S/C17H18FN3O/c1-13(16-12-19-4-5-20-16)10-14-2-3-17(15(18)11-14)21-6-8-22-9-7-21/h2-5,10-12H,6-9H2,1H3/b13-10-. The van der Waals surface area contributed by atoms with Crippen LogP contribution in [0.4, 0.5) is 10.1 Å². The van der Waals surface area contributed by atoms with Gasteiger partial charge in [-0.15, -0.1) is 0 Å². The summed E-state index contributed by atoms with van der Waals surface area (Å²) in [6, 6.07) is 5.31. The van der Waals surface area contributed by atoms with Gasteiger partial charge in [-0.3, -0.25) is 9.97 Å². The molecule has 0 radical (unpaired) electrons. The molecule has 0 aliphatic carbocycles. The summed E-state index contributed by atoms with van der Waals surface area (Å²) < 4.78 is 19.6. The van der Waals surface area contributed by atoms with Crippen molar-refractivity contribution in [1.29, 1.82) is 0 Å². The van der Waals surface area contributed by atoms with Gasteiger partial charge in [0.05, 0.1) is 30.8 Å². The van der Waals surface area contributed by atoms with Crippen molar-refractivity contribution in [1.82, 2.24) is 9.97 Å². The molecule has 0 amide bonds. The lowest BCUT2D eigenvalue weighted by Gasteiger charge is -2.29. The van der Waals surface area contributed by atoms with E-state index in [0.29, 0.717) is 18.9 Å². The maximum atomic E-state index is 14.3. The predicted octanol–water partition coefficient (Wildman–Crippen LogP) is 3.01. The van der Waals surface area contributed by atoms with Crippen LogP contribution in [-0.4, -0.2) is 36.3 Å². The summed E-state index contributed by atoms with van der Waals surface area (Å²) in [5, 5.41) is 0. The smallest absolute Gasteiger partial charge is 0.147 e. The molecule has 0 bridgehead atoms. The molecule has 1 aliphatic rings. The van der Waals surface area contributed by atoms with Gasteiger partial charge in [0.2, 0.25) is 0 Å². The summed E-state index contributed by atoms with van der Waals surface area (Å²) >= 11 is 0. The Bertz CT molecular complexity index is 667. The highest BCUT2D eigenvalue weighted by Gasteiger charge is 2.15. The molecular formula is C17H18FN3O. The van der Waals surface area contributed by atoms with Crippen molar-refractivity contribution in [3.8, 4) is 0 Å². The second kappa shape index (κ2) is 6.66. The molecule has 2 heterocycles. The van der Waals surface area contributed by atoms with Gasteiger partial charge in [-0.25, -0.2) is 4.39 Å². The zero-order chi connectivity index (χ0) is 15.4. The third-order valence-corrected chi connectivity index (χ3v) is 3.67. The highest BCUT2D eigenvalue weighted by molar-refractivity contribution is 5.78. The van der Waals surface area contributed by atoms with E-state index in [4.69, 9.17) is 4.74 Å². The third-order valence-electron chi connectivity index (χ3n) is 3.67. The van der Waals surface area contributed by atoms with Crippen LogP contribution >= 0.6 is 0 Å². The summed E-state index contributed by atoms with van der Waals surface area (Å²) in [4.78, 5) is 10.3. The van der Waals surface area contributed by atoms with Gasteiger partial charge in [0.1, 0.15) is 5.82 Å². The Labute approximate surface area is 129 Å². The first kappa shape index (κ1) is 14.7. The van der Waals surface area contributed by atoms with Crippen molar-refractivity contribution in [3.63, 3.8) is 0 Å². The lowest BCUT2D eigenvalue weighted by Crippen LogP contribution is -2.36. The molecule has 0 N–H and O–H groups in total. The van der Waals surface area contributed by atoms with E-state index in [1.165, 1.54) is 0 Å². The molecule has 22 heavy (non-hydrogen) atoms. The molecular weight excluding hydrogens is 281 g/mol. The molecule has 2 aromatic rings. The fraction of sp³-hybridized carbons (Fsp3) is 0.294. The number of allylic oxidation sites excluding steroid dienone is 1. The SMILES string of the molecule is C/C(=C/c1ccc(N2CCOCC2)c(F)c1)c1cnccn1. The van der Waals surface area contributed by atoms with Crippen LogP contribution in [0.1, 0.15) is 18.2 Å². The predicted molar refractivity (Wildman–Crippen MR) is 85.0 cm³/mol. The Hall–Kier alpha value is -2.27. The zero-order valence-electron chi connectivity index (χ0n) is 12.5. The number of benzene rings is 1. The maximum Gasteiger partial charge on any atom is 0.147 e.